The summed E-state index contributed by atoms with van der Waals surface area (Å²) in [5.74, 6) is 0. The summed E-state index contributed by atoms with van der Waals surface area (Å²) < 4.78 is 1.78. The predicted molar refractivity (Wildman–Crippen MR) is 51.8 cm³/mol. The molecule has 0 radical (unpaired) electrons. The third kappa shape index (κ3) is 1.73. The van der Waals surface area contributed by atoms with E-state index >= 15 is 0 Å². The highest BCUT2D eigenvalue weighted by atomic mass is 16.3. The molecule has 5 heteroatoms. The van der Waals surface area contributed by atoms with Crippen LogP contribution in [0.1, 0.15) is 5.56 Å². The van der Waals surface area contributed by atoms with Crippen molar-refractivity contribution in [1.82, 2.24) is 19.9 Å². The predicted octanol–water partition coefficient (Wildman–Crippen LogP) is -0.189. The van der Waals surface area contributed by atoms with Gasteiger partial charge in [0.15, 0.2) is 0 Å². The zero-order chi connectivity index (χ0) is 9.80. The van der Waals surface area contributed by atoms with E-state index in [-0.39, 0.29) is 6.61 Å². The normalized spacial score (nSPS) is 10.9. The largest absolute Gasteiger partial charge is 0.395 e. The number of nitrogens with one attached hydrogen (secondary N) is 1. The molecule has 0 saturated carbocycles. The van der Waals surface area contributed by atoms with Crippen molar-refractivity contribution in [3.8, 4) is 0 Å². The molecule has 74 valence electrons. The van der Waals surface area contributed by atoms with Crippen LogP contribution in [0.25, 0.3) is 5.52 Å². The van der Waals surface area contributed by atoms with Gasteiger partial charge in [0.25, 0.3) is 0 Å². The van der Waals surface area contributed by atoms with E-state index in [1.165, 1.54) is 0 Å². The van der Waals surface area contributed by atoms with Crippen molar-refractivity contribution in [2.75, 3.05) is 13.2 Å². The molecular weight excluding hydrogens is 180 g/mol. The number of hydrogen-bond donors (Lipinski definition) is 2. The fourth-order valence-electron chi connectivity index (χ4n) is 1.32. The Kier molecular flexibility index (Phi) is 2.71. The van der Waals surface area contributed by atoms with Crippen molar-refractivity contribution in [1.29, 1.82) is 0 Å². The SMILES string of the molecule is OCCNCc1cnn2ccncc12. The lowest BCUT2D eigenvalue weighted by Gasteiger charge is -1.99. The molecule has 0 aliphatic carbocycles. The highest BCUT2D eigenvalue weighted by Crippen LogP contribution is 2.07. The highest BCUT2D eigenvalue weighted by molar-refractivity contribution is 5.51. The number of hydrogen-bond acceptors (Lipinski definition) is 4. The molecule has 2 aromatic heterocycles. The Morgan fingerprint density at radius 1 is 1.43 bits per heavy atom. The van der Waals surface area contributed by atoms with Gasteiger partial charge in [-0.1, -0.05) is 0 Å². The monoisotopic (exact) mass is 192 g/mol. The van der Waals surface area contributed by atoms with Crippen molar-refractivity contribution >= 4 is 5.52 Å². The van der Waals surface area contributed by atoms with Gasteiger partial charge in [0.2, 0.25) is 0 Å². The zero-order valence-corrected chi connectivity index (χ0v) is 7.72. The van der Waals surface area contributed by atoms with E-state index in [9.17, 15) is 0 Å². The second kappa shape index (κ2) is 4.17. The summed E-state index contributed by atoms with van der Waals surface area (Å²) in [5, 5.41) is 15.9. The van der Waals surface area contributed by atoms with Crippen LogP contribution in [0.2, 0.25) is 0 Å². The summed E-state index contributed by atoms with van der Waals surface area (Å²) in [5.41, 5.74) is 2.09. The van der Waals surface area contributed by atoms with Gasteiger partial charge in [-0.05, 0) is 0 Å². The molecule has 0 aromatic carbocycles. The van der Waals surface area contributed by atoms with Gasteiger partial charge in [0, 0.05) is 31.0 Å². The van der Waals surface area contributed by atoms with Gasteiger partial charge >= 0.3 is 0 Å². The number of fused-ring (bicyclic) bond motifs is 1. The second-order valence-corrected chi connectivity index (χ2v) is 2.98. The maximum atomic E-state index is 8.61. The first-order valence-corrected chi connectivity index (χ1v) is 4.49. The lowest BCUT2D eigenvalue weighted by atomic mass is 10.3. The standard InChI is InChI=1S/C9H12N4O/c14-4-2-11-5-8-6-12-13-3-1-10-7-9(8)13/h1,3,6-7,11,14H,2,4-5H2. The maximum Gasteiger partial charge on any atom is 0.0889 e. The van der Waals surface area contributed by atoms with Gasteiger partial charge in [0.1, 0.15) is 0 Å². The first-order chi connectivity index (χ1) is 6.92. The molecule has 14 heavy (non-hydrogen) atoms. The van der Waals surface area contributed by atoms with Crippen LogP contribution in [-0.2, 0) is 6.54 Å². The Labute approximate surface area is 81.4 Å². The zero-order valence-electron chi connectivity index (χ0n) is 7.72. The number of aliphatic hydroxyl groups excluding tert-OH is 1. The molecule has 5 nitrogen and oxygen atoms in total. The van der Waals surface area contributed by atoms with Crippen LogP contribution < -0.4 is 5.32 Å². The van der Waals surface area contributed by atoms with Gasteiger partial charge in [-0.15, -0.1) is 0 Å². The van der Waals surface area contributed by atoms with Crippen LogP contribution >= 0.6 is 0 Å². The van der Waals surface area contributed by atoms with Crippen LogP contribution in [0.3, 0.4) is 0 Å². The van der Waals surface area contributed by atoms with Crippen molar-refractivity contribution in [3.05, 3.63) is 30.4 Å². The molecule has 0 bridgehead atoms. The van der Waals surface area contributed by atoms with Crippen LogP contribution in [0.5, 0.6) is 0 Å². The molecule has 0 amide bonds. The lowest BCUT2D eigenvalue weighted by Crippen LogP contribution is -2.17. The molecule has 0 aliphatic rings. The van der Waals surface area contributed by atoms with E-state index in [1.54, 1.807) is 23.1 Å². The van der Waals surface area contributed by atoms with Crippen LogP contribution in [0.15, 0.2) is 24.8 Å². The highest BCUT2D eigenvalue weighted by Gasteiger charge is 2.01. The molecule has 0 atom stereocenters. The minimum Gasteiger partial charge on any atom is -0.395 e. The van der Waals surface area contributed by atoms with Crippen molar-refractivity contribution in [2.45, 2.75) is 6.54 Å². The van der Waals surface area contributed by atoms with E-state index in [2.05, 4.69) is 15.4 Å². The molecule has 0 spiro atoms. The fourth-order valence-corrected chi connectivity index (χ4v) is 1.32. The summed E-state index contributed by atoms with van der Waals surface area (Å²) in [4.78, 5) is 4.04. The summed E-state index contributed by atoms with van der Waals surface area (Å²) in [6.45, 7) is 1.45. The Morgan fingerprint density at radius 3 is 3.21 bits per heavy atom. The molecule has 0 unspecified atom stereocenters. The van der Waals surface area contributed by atoms with Crippen LogP contribution in [-0.4, -0.2) is 32.9 Å². The molecular formula is C9H12N4O. The van der Waals surface area contributed by atoms with Crippen molar-refractivity contribution in [2.24, 2.45) is 0 Å². The number of rotatable bonds is 4. The van der Waals surface area contributed by atoms with Crippen molar-refractivity contribution < 1.29 is 5.11 Å². The average Bonchev–Trinajstić information content (AvgIpc) is 2.63. The third-order valence-corrected chi connectivity index (χ3v) is 2.01. The first kappa shape index (κ1) is 9.11. The summed E-state index contributed by atoms with van der Waals surface area (Å²) in [7, 11) is 0. The molecule has 0 fully saturated rings. The number of nitrogens with zero attached hydrogens (tertiary/aromatic N) is 3. The Balaban J connectivity index is 2.17. The average molecular weight is 192 g/mol. The molecule has 0 saturated heterocycles. The van der Waals surface area contributed by atoms with Gasteiger partial charge in [-0.2, -0.15) is 5.10 Å². The van der Waals surface area contributed by atoms with E-state index in [4.69, 9.17) is 5.11 Å². The summed E-state index contributed by atoms with van der Waals surface area (Å²) >= 11 is 0. The quantitative estimate of drug-likeness (QED) is 0.659. The van der Waals surface area contributed by atoms with Gasteiger partial charge in [-0.3, -0.25) is 4.98 Å². The Morgan fingerprint density at radius 2 is 2.36 bits per heavy atom. The van der Waals surface area contributed by atoms with E-state index < -0.39 is 0 Å². The van der Waals surface area contributed by atoms with Crippen LogP contribution in [0, 0.1) is 0 Å². The second-order valence-electron chi connectivity index (χ2n) is 2.98. The van der Waals surface area contributed by atoms with Gasteiger partial charge in [-0.25, -0.2) is 4.52 Å². The molecule has 2 N–H and O–H groups in total. The van der Waals surface area contributed by atoms with E-state index in [0.29, 0.717) is 13.1 Å². The Hall–Kier alpha value is -1.46. The molecule has 2 aromatic rings. The first-order valence-electron chi connectivity index (χ1n) is 4.49. The minimum atomic E-state index is 0.150. The van der Waals surface area contributed by atoms with Gasteiger partial charge in [0.05, 0.1) is 24.5 Å². The maximum absolute atomic E-state index is 8.61. The number of aromatic nitrogens is 3. The van der Waals surface area contributed by atoms with E-state index in [0.717, 1.165) is 11.1 Å². The summed E-state index contributed by atoms with van der Waals surface area (Å²) in [6.07, 6.45) is 7.10. The molecule has 2 heterocycles. The number of aliphatic hydroxyl groups is 1. The Bertz CT molecular complexity index is 412. The van der Waals surface area contributed by atoms with Gasteiger partial charge < -0.3 is 10.4 Å². The third-order valence-electron chi connectivity index (χ3n) is 2.01. The molecule has 2 rings (SSSR count). The van der Waals surface area contributed by atoms with E-state index in [1.807, 2.05) is 6.20 Å². The summed E-state index contributed by atoms with van der Waals surface area (Å²) in [6, 6.07) is 0. The molecule has 0 aliphatic heterocycles. The smallest absolute Gasteiger partial charge is 0.0889 e. The minimum absolute atomic E-state index is 0.150. The fraction of sp³-hybridized carbons (Fsp3) is 0.333. The topological polar surface area (TPSA) is 62.5 Å². The lowest BCUT2D eigenvalue weighted by molar-refractivity contribution is 0.292. The van der Waals surface area contributed by atoms with Crippen molar-refractivity contribution in [3.63, 3.8) is 0 Å². The van der Waals surface area contributed by atoms with Crippen LogP contribution in [0.4, 0.5) is 0 Å².